The molecule has 16 heavy (non-hydrogen) atoms. The molecule has 0 aromatic carbocycles. The highest BCUT2D eigenvalue weighted by atomic mass is 16.9. The first-order valence-corrected chi connectivity index (χ1v) is 6.70. The van der Waals surface area contributed by atoms with Crippen LogP contribution < -0.4 is 5.23 Å². The second-order valence-electron chi connectivity index (χ2n) is 6.47. The number of hydrogen-bond donors (Lipinski definition) is 1. The molecule has 5 rings (SSSR count). The summed E-state index contributed by atoms with van der Waals surface area (Å²) in [5, 5.41) is 11.9. The number of hydroxylamine groups is 2. The van der Waals surface area contributed by atoms with Crippen LogP contribution in [0.1, 0.15) is 19.3 Å². The van der Waals surface area contributed by atoms with Gasteiger partial charge in [0.25, 0.3) is 0 Å². The number of allylic oxidation sites excluding steroid dienone is 2. The first-order valence-electron chi connectivity index (χ1n) is 6.70. The lowest BCUT2D eigenvalue weighted by Gasteiger charge is -2.37. The quantitative estimate of drug-likeness (QED) is 0.366. The fourth-order valence-corrected chi connectivity index (χ4v) is 5.94. The van der Waals surface area contributed by atoms with E-state index in [-0.39, 0.29) is 11.3 Å². The van der Waals surface area contributed by atoms with E-state index in [1.807, 2.05) is 0 Å². The second-order valence-corrected chi connectivity index (χ2v) is 6.47. The summed E-state index contributed by atoms with van der Waals surface area (Å²) in [6, 6.07) is 0.284. The molecule has 86 valence electrons. The van der Waals surface area contributed by atoms with Gasteiger partial charge in [0.05, 0.1) is 0 Å². The number of quaternary nitrogens is 1. The molecule has 4 bridgehead atoms. The highest BCUT2D eigenvalue weighted by Gasteiger charge is 2.68. The van der Waals surface area contributed by atoms with Gasteiger partial charge in [0.2, 0.25) is 0 Å². The van der Waals surface area contributed by atoms with Gasteiger partial charge < -0.3 is 5.21 Å². The average molecular weight is 219 g/mol. The molecule has 1 saturated heterocycles. The molecule has 3 nitrogen and oxygen atoms in total. The van der Waals surface area contributed by atoms with Gasteiger partial charge in [-0.05, 0) is 42.9 Å². The molecule has 0 aromatic heterocycles. The van der Waals surface area contributed by atoms with E-state index in [1.54, 1.807) is 5.57 Å². The van der Waals surface area contributed by atoms with Crippen molar-refractivity contribution in [3.05, 3.63) is 16.9 Å². The van der Waals surface area contributed by atoms with Crippen molar-refractivity contribution in [2.24, 2.45) is 35.5 Å². The summed E-state index contributed by atoms with van der Waals surface area (Å²) >= 11 is 0. The number of fused-ring (bicyclic) bond motifs is 12. The third kappa shape index (κ3) is 0.754. The molecule has 0 radical (unpaired) electrons. The Hall–Kier alpha value is -0.380. The van der Waals surface area contributed by atoms with Crippen LogP contribution in [0.15, 0.2) is 11.6 Å². The van der Waals surface area contributed by atoms with Crippen molar-refractivity contribution in [2.45, 2.75) is 25.3 Å². The van der Waals surface area contributed by atoms with Crippen LogP contribution in [0.4, 0.5) is 0 Å². The van der Waals surface area contributed by atoms with E-state index >= 15 is 0 Å². The van der Waals surface area contributed by atoms with Crippen LogP contribution in [-0.2, 0) is 4.84 Å². The van der Waals surface area contributed by atoms with Crippen molar-refractivity contribution in [1.29, 1.82) is 0 Å². The molecule has 4 aliphatic carbocycles. The molecule has 8 unspecified atom stereocenters. The summed E-state index contributed by atoms with van der Waals surface area (Å²) < 4.78 is 0. The van der Waals surface area contributed by atoms with Gasteiger partial charge in [-0.25, -0.2) is 10.1 Å². The standard InChI is InChI=1S/C13H17NO2/c15-14-13-9-4-8(10(13)5-16-14)11-6-1-2-7(3-6)12(9)11/h2,6,8-14H,1,3-5H2. The monoisotopic (exact) mass is 219 g/mol. The highest BCUT2D eigenvalue weighted by molar-refractivity contribution is 5.30. The number of rotatable bonds is 0. The van der Waals surface area contributed by atoms with Gasteiger partial charge in [0.1, 0.15) is 12.6 Å². The predicted molar refractivity (Wildman–Crippen MR) is 56.9 cm³/mol. The van der Waals surface area contributed by atoms with Gasteiger partial charge in [-0.15, -0.1) is 0 Å². The molecule has 3 heteroatoms. The number of nitrogens with one attached hydrogen (secondary N) is 1. The molecule has 3 saturated carbocycles. The van der Waals surface area contributed by atoms with Crippen LogP contribution >= 0.6 is 0 Å². The van der Waals surface area contributed by atoms with Crippen LogP contribution in [0.3, 0.4) is 0 Å². The van der Waals surface area contributed by atoms with Crippen molar-refractivity contribution < 1.29 is 10.1 Å². The largest absolute Gasteiger partial charge is 0.600 e. The fourth-order valence-electron chi connectivity index (χ4n) is 5.94. The maximum Gasteiger partial charge on any atom is 0.126 e. The van der Waals surface area contributed by atoms with Crippen LogP contribution in [0.2, 0.25) is 0 Å². The van der Waals surface area contributed by atoms with Gasteiger partial charge in [0, 0.05) is 11.8 Å². The molecular formula is C13H17NO2. The van der Waals surface area contributed by atoms with Crippen LogP contribution in [0, 0.1) is 40.7 Å². The third-order valence-corrected chi connectivity index (χ3v) is 6.23. The third-order valence-electron chi connectivity index (χ3n) is 6.23. The average Bonchev–Trinajstić information content (AvgIpc) is 2.99. The van der Waals surface area contributed by atoms with Gasteiger partial charge in [-0.1, -0.05) is 11.6 Å². The second kappa shape index (κ2) is 2.55. The normalized spacial score (nSPS) is 64.9. The lowest BCUT2D eigenvalue weighted by Crippen LogP contribution is -3.09. The molecule has 0 spiro atoms. The first kappa shape index (κ1) is 8.67. The zero-order chi connectivity index (χ0) is 10.4. The van der Waals surface area contributed by atoms with E-state index in [4.69, 9.17) is 4.84 Å². The molecule has 4 fully saturated rings. The maximum atomic E-state index is 11.8. The smallest absolute Gasteiger partial charge is 0.126 e. The minimum Gasteiger partial charge on any atom is -0.600 e. The minimum absolute atomic E-state index is 0.124. The van der Waals surface area contributed by atoms with E-state index in [0.29, 0.717) is 11.8 Å². The Labute approximate surface area is 95.0 Å². The lowest BCUT2D eigenvalue weighted by molar-refractivity contribution is -1.06. The summed E-state index contributed by atoms with van der Waals surface area (Å²) in [5.74, 6) is 4.73. The Balaban J connectivity index is 1.61. The Morgan fingerprint density at radius 2 is 2.25 bits per heavy atom. The topological polar surface area (TPSA) is 36.7 Å². The van der Waals surface area contributed by atoms with E-state index in [0.717, 1.165) is 30.3 Å². The van der Waals surface area contributed by atoms with E-state index in [9.17, 15) is 5.21 Å². The van der Waals surface area contributed by atoms with Crippen molar-refractivity contribution in [3.63, 3.8) is 0 Å². The molecular weight excluding hydrogens is 202 g/mol. The van der Waals surface area contributed by atoms with Crippen molar-refractivity contribution >= 4 is 0 Å². The molecule has 8 atom stereocenters. The Bertz CT molecular complexity index is 393. The first-order chi connectivity index (χ1) is 7.84. The predicted octanol–water partition coefficient (Wildman–Crippen LogP) is 0.531. The summed E-state index contributed by atoms with van der Waals surface area (Å²) in [5.41, 5.74) is 1.71. The zero-order valence-electron chi connectivity index (χ0n) is 9.26. The lowest BCUT2D eigenvalue weighted by atomic mass is 9.68. The van der Waals surface area contributed by atoms with Crippen LogP contribution in [0.5, 0.6) is 0 Å². The van der Waals surface area contributed by atoms with Gasteiger partial charge in [-0.3, -0.25) is 0 Å². The maximum absolute atomic E-state index is 11.8. The van der Waals surface area contributed by atoms with Crippen molar-refractivity contribution in [2.75, 3.05) is 6.61 Å². The highest BCUT2D eigenvalue weighted by Crippen LogP contribution is 2.67. The molecule has 1 heterocycles. The summed E-state index contributed by atoms with van der Waals surface area (Å²) in [4.78, 5) is 5.30. The zero-order valence-corrected chi connectivity index (χ0v) is 9.26. The van der Waals surface area contributed by atoms with Crippen molar-refractivity contribution in [3.8, 4) is 0 Å². The van der Waals surface area contributed by atoms with Gasteiger partial charge >= 0.3 is 0 Å². The molecule has 0 aromatic rings. The van der Waals surface area contributed by atoms with Crippen LogP contribution in [-0.4, -0.2) is 12.6 Å². The van der Waals surface area contributed by atoms with E-state index in [2.05, 4.69) is 6.08 Å². The van der Waals surface area contributed by atoms with Crippen molar-refractivity contribution in [1.82, 2.24) is 0 Å². The van der Waals surface area contributed by atoms with E-state index in [1.165, 1.54) is 19.3 Å². The van der Waals surface area contributed by atoms with E-state index < -0.39 is 0 Å². The number of hydrogen-bond acceptors (Lipinski definition) is 2. The molecule has 1 N–H and O–H groups in total. The minimum atomic E-state index is 0.124. The molecule has 0 amide bonds. The van der Waals surface area contributed by atoms with Crippen LogP contribution in [0.25, 0.3) is 0 Å². The molecule has 1 aliphatic heterocycles. The summed E-state index contributed by atoms with van der Waals surface area (Å²) in [7, 11) is 0. The SMILES string of the molecule is [O-][NH+]1OCC2C3CC(C4C5=CCC(C5)C34)C21. The Kier molecular flexibility index (Phi) is 1.38. The van der Waals surface area contributed by atoms with Gasteiger partial charge in [0.15, 0.2) is 0 Å². The molecule has 5 aliphatic rings. The van der Waals surface area contributed by atoms with Gasteiger partial charge in [-0.2, -0.15) is 0 Å². The fraction of sp³-hybridized carbons (Fsp3) is 0.846. The summed E-state index contributed by atoms with van der Waals surface area (Å²) in [6.45, 7) is 0.736. The Morgan fingerprint density at radius 1 is 1.31 bits per heavy atom. The summed E-state index contributed by atoms with van der Waals surface area (Å²) in [6.07, 6.45) is 6.48. The Morgan fingerprint density at radius 3 is 3.19 bits per heavy atom.